The third-order valence-corrected chi connectivity index (χ3v) is 4.25. The van der Waals surface area contributed by atoms with Crippen LogP contribution in [0.4, 0.5) is 5.69 Å². The quantitative estimate of drug-likeness (QED) is 0.866. The van der Waals surface area contributed by atoms with Gasteiger partial charge in [0.25, 0.3) is 0 Å². The molecule has 1 aliphatic carbocycles. The summed E-state index contributed by atoms with van der Waals surface area (Å²) in [5.41, 5.74) is 6.54. The molecule has 0 radical (unpaired) electrons. The van der Waals surface area contributed by atoms with E-state index in [1.165, 1.54) is 0 Å². The van der Waals surface area contributed by atoms with E-state index in [1.807, 2.05) is 18.2 Å². The van der Waals surface area contributed by atoms with Crippen LogP contribution >= 0.6 is 31.9 Å². The predicted molar refractivity (Wildman–Crippen MR) is 75.9 cm³/mol. The number of amides is 1. The van der Waals surface area contributed by atoms with Gasteiger partial charge in [-0.15, -0.1) is 0 Å². The number of rotatable bonds is 3. The van der Waals surface area contributed by atoms with Crippen LogP contribution in [0.25, 0.3) is 0 Å². The van der Waals surface area contributed by atoms with E-state index in [1.54, 1.807) is 0 Å². The molecule has 3 N–H and O–H groups in total. The van der Waals surface area contributed by atoms with Crippen molar-refractivity contribution in [1.29, 1.82) is 0 Å². The van der Waals surface area contributed by atoms with Crippen LogP contribution in [-0.4, -0.2) is 11.4 Å². The van der Waals surface area contributed by atoms with Crippen molar-refractivity contribution in [1.82, 2.24) is 0 Å². The highest BCUT2D eigenvalue weighted by atomic mass is 79.9. The molecule has 92 valence electrons. The molecule has 3 nitrogen and oxygen atoms in total. The number of nitrogens with two attached hydrogens (primary N) is 1. The molecule has 1 aromatic carbocycles. The molecule has 0 spiro atoms. The van der Waals surface area contributed by atoms with Crippen LogP contribution < -0.4 is 11.1 Å². The molecule has 1 fully saturated rings. The summed E-state index contributed by atoms with van der Waals surface area (Å²) in [5.74, 6) is -0.0222. The second kappa shape index (κ2) is 5.08. The fourth-order valence-corrected chi connectivity index (χ4v) is 2.62. The molecule has 17 heavy (non-hydrogen) atoms. The van der Waals surface area contributed by atoms with Crippen LogP contribution in [0.15, 0.2) is 27.1 Å². The fourth-order valence-electron chi connectivity index (χ4n) is 1.92. The minimum absolute atomic E-state index is 0.0222. The Morgan fingerprint density at radius 3 is 2.71 bits per heavy atom. The SMILES string of the molecule is NC1(CC(=O)Nc2cc(Br)ccc2Br)CCC1. The van der Waals surface area contributed by atoms with Crippen molar-refractivity contribution in [3.8, 4) is 0 Å². The number of carbonyl (C=O) groups is 1. The van der Waals surface area contributed by atoms with E-state index < -0.39 is 0 Å². The maximum absolute atomic E-state index is 11.9. The zero-order valence-corrected chi connectivity index (χ0v) is 12.5. The van der Waals surface area contributed by atoms with Gasteiger partial charge in [-0.1, -0.05) is 15.9 Å². The van der Waals surface area contributed by atoms with Gasteiger partial charge in [-0.2, -0.15) is 0 Å². The van der Waals surface area contributed by atoms with Crippen LogP contribution in [0, 0.1) is 0 Å². The standard InChI is InChI=1S/C12H14Br2N2O/c13-8-2-3-9(14)10(6-8)16-11(17)7-12(15)4-1-5-12/h2-3,6H,1,4-5,7,15H2,(H,16,17). The summed E-state index contributed by atoms with van der Waals surface area (Å²) in [4.78, 5) is 11.9. The van der Waals surface area contributed by atoms with E-state index in [9.17, 15) is 4.79 Å². The van der Waals surface area contributed by atoms with Gasteiger partial charge in [0.2, 0.25) is 5.91 Å². The molecule has 0 aliphatic heterocycles. The van der Waals surface area contributed by atoms with Crippen LogP contribution in [0.3, 0.4) is 0 Å². The number of benzene rings is 1. The first kappa shape index (κ1) is 13.1. The van der Waals surface area contributed by atoms with Crippen molar-refractivity contribution < 1.29 is 4.79 Å². The first-order chi connectivity index (χ1) is 7.98. The zero-order valence-electron chi connectivity index (χ0n) is 9.30. The van der Waals surface area contributed by atoms with Crippen molar-refractivity contribution in [3.05, 3.63) is 27.1 Å². The van der Waals surface area contributed by atoms with Crippen LogP contribution in [0.1, 0.15) is 25.7 Å². The minimum atomic E-state index is -0.275. The summed E-state index contributed by atoms with van der Waals surface area (Å²) in [6.45, 7) is 0. The average molecular weight is 362 g/mol. The van der Waals surface area contributed by atoms with Crippen LogP contribution in [0.5, 0.6) is 0 Å². The van der Waals surface area contributed by atoms with Crippen LogP contribution in [-0.2, 0) is 4.79 Å². The summed E-state index contributed by atoms with van der Waals surface area (Å²) in [7, 11) is 0. The normalized spacial score (nSPS) is 17.4. The topological polar surface area (TPSA) is 55.1 Å². The van der Waals surface area contributed by atoms with Crippen molar-refractivity contribution in [3.63, 3.8) is 0 Å². The Labute approximate surface area is 117 Å². The lowest BCUT2D eigenvalue weighted by Crippen LogP contribution is -2.48. The third-order valence-electron chi connectivity index (χ3n) is 3.06. The molecule has 0 aromatic heterocycles. The van der Waals surface area contributed by atoms with Crippen molar-refractivity contribution in [2.45, 2.75) is 31.2 Å². The lowest BCUT2D eigenvalue weighted by atomic mass is 9.75. The van der Waals surface area contributed by atoms with Crippen LogP contribution in [0.2, 0.25) is 0 Å². The largest absolute Gasteiger partial charge is 0.325 e. The molecular weight excluding hydrogens is 348 g/mol. The van der Waals surface area contributed by atoms with Gasteiger partial charge in [-0.25, -0.2) is 0 Å². The maximum Gasteiger partial charge on any atom is 0.226 e. The number of carbonyl (C=O) groups excluding carboxylic acids is 1. The summed E-state index contributed by atoms with van der Waals surface area (Å²) in [5, 5.41) is 2.88. The Morgan fingerprint density at radius 2 is 2.12 bits per heavy atom. The number of nitrogens with one attached hydrogen (secondary N) is 1. The van der Waals surface area contributed by atoms with E-state index >= 15 is 0 Å². The lowest BCUT2D eigenvalue weighted by molar-refractivity contribution is -0.118. The molecule has 1 saturated carbocycles. The van der Waals surface area contributed by atoms with Gasteiger partial charge in [0, 0.05) is 20.9 Å². The molecule has 0 atom stereocenters. The smallest absolute Gasteiger partial charge is 0.226 e. The molecule has 5 heteroatoms. The molecule has 1 aliphatic rings. The van der Waals surface area contributed by atoms with E-state index in [0.29, 0.717) is 6.42 Å². The lowest BCUT2D eigenvalue weighted by Gasteiger charge is -2.37. The fraction of sp³-hybridized carbons (Fsp3) is 0.417. The highest BCUT2D eigenvalue weighted by Gasteiger charge is 2.34. The Balaban J connectivity index is 2.00. The van der Waals surface area contributed by atoms with Gasteiger partial charge in [0.05, 0.1) is 5.69 Å². The number of hydrogen-bond donors (Lipinski definition) is 2. The summed E-state index contributed by atoms with van der Waals surface area (Å²) in [6, 6.07) is 5.67. The molecule has 0 bridgehead atoms. The molecule has 2 rings (SSSR count). The molecule has 1 amide bonds. The Hall–Kier alpha value is -0.390. The van der Waals surface area contributed by atoms with Gasteiger partial charge in [-0.05, 0) is 53.4 Å². The van der Waals surface area contributed by atoms with Gasteiger partial charge in [0.1, 0.15) is 0 Å². The first-order valence-electron chi connectivity index (χ1n) is 5.52. The molecule has 1 aromatic rings. The summed E-state index contributed by atoms with van der Waals surface area (Å²) >= 11 is 6.78. The second-order valence-electron chi connectivity index (χ2n) is 4.57. The van der Waals surface area contributed by atoms with Crippen molar-refractivity contribution >= 4 is 43.5 Å². The Kier molecular flexibility index (Phi) is 3.90. The highest BCUT2D eigenvalue weighted by molar-refractivity contribution is 9.11. The molecule has 0 unspecified atom stereocenters. The van der Waals surface area contributed by atoms with Gasteiger partial charge < -0.3 is 11.1 Å². The van der Waals surface area contributed by atoms with E-state index in [0.717, 1.165) is 33.9 Å². The van der Waals surface area contributed by atoms with Gasteiger partial charge >= 0.3 is 0 Å². The van der Waals surface area contributed by atoms with Gasteiger partial charge in [0.15, 0.2) is 0 Å². The second-order valence-corrected chi connectivity index (χ2v) is 6.34. The predicted octanol–water partition coefficient (Wildman–Crippen LogP) is 3.42. The number of halogens is 2. The number of hydrogen-bond acceptors (Lipinski definition) is 2. The molecule has 0 saturated heterocycles. The monoisotopic (exact) mass is 360 g/mol. The first-order valence-corrected chi connectivity index (χ1v) is 7.11. The Bertz CT molecular complexity index is 444. The average Bonchev–Trinajstić information content (AvgIpc) is 2.21. The Morgan fingerprint density at radius 1 is 1.41 bits per heavy atom. The molecule has 0 heterocycles. The highest BCUT2D eigenvalue weighted by Crippen LogP contribution is 2.33. The van der Waals surface area contributed by atoms with Crippen molar-refractivity contribution in [2.75, 3.05) is 5.32 Å². The summed E-state index contributed by atoms with van der Waals surface area (Å²) < 4.78 is 1.80. The van der Waals surface area contributed by atoms with E-state index in [4.69, 9.17) is 5.73 Å². The zero-order chi connectivity index (χ0) is 12.5. The van der Waals surface area contributed by atoms with Gasteiger partial charge in [-0.3, -0.25) is 4.79 Å². The third kappa shape index (κ3) is 3.30. The summed E-state index contributed by atoms with van der Waals surface area (Å²) in [6.07, 6.45) is 3.41. The molecular formula is C12H14Br2N2O. The van der Waals surface area contributed by atoms with E-state index in [-0.39, 0.29) is 11.4 Å². The number of anilines is 1. The minimum Gasteiger partial charge on any atom is -0.325 e. The van der Waals surface area contributed by atoms with E-state index in [2.05, 4.69) is 37.2 Å². The van der Waals surface area contributed by atoms with Crippen molar-refractivity contribution in [2.24, 2.45) is 5.73 Å². The maximum atomic E-state index is 11.9.